The summed E-state index contributed by atoms with van der Waals surface area (Å²) in [6, 6.07) is 8.13. The maximum atomic E-state index is 12.4. The first-order chi connectivity index (χ1) is 10.3. The van der Waals surface area contributed by atoms with Gasteiger partial charge < -0.3 is 9.47 Å². The standard InChI is InChI=1S/C17H19N3O/c1-19-11-3-6-15(19)16-7-4-12-20(16)17(21)9-8-14-5-2-10-18-13-14/h2-3,5-6,8-11,13,16H,4,7,12H2,1H3/b9-8+. The van der Waals surface area contributed by atoms with Gasteiger partial charge in [0.05, 0.1) is 6.04 Å². The van der Waals surface area contributed by atoms with Crippen molar-refractivity contribution in [3.8, 4) is 0 Å². The molecule has 0 radical (unpaired) electrons. The average molecular weight is 281 g/mol. The number of aryl methyl sites for hydroxylation is 1. The van der Waals surface area contributed by atoms with Gasteiger partial charge in [-0.05, 0) is 42.7 Å². The minimum Gasteiger partial charge on any atom is -0.353 e. The molecular weight excluding hydrogens is 262 g/mol. The summed E-state index contributed by atoms with van der Waals surface area (Å²) >= 11 is 0. The van der Waals surface area contributed by atoms with Crippen LogP contribution in [0.4, 0.5) is 0 Å². The van der Waals surface area contributed by atoms with Crippen molar-refractivity contribution >= 4 is 12.0 Å². The molecule has 0 bridgehead atoms. The van der Waals surface area contributed by atoms with Crippen LogP contribution >= 0.6 is 0 Å². The summed E-state index contributed by atoms with van der Waals surface area (Å²) < 4.78 is 2.10. The van der Waals surface area contributed by atoms with E-state index in [1.54, 1.807) is 18.5 Å². The first kappa shape index (κ1) is 13.6. The van der Waals surface area contributed by atoms with Crippen LogP contribution in [0.25, 0.3) is 6.08 Å². The van der Waals surface area contributed by atoms with Crippen molar-refractivity contribution in [2.24, 2.45) is 7.05 Å². The lowest BCUT2D eigenvalue weighted by Gasteiger charge is -2.24. The molecule has 2 aromatic rings. The maximum absolute atomic E-state index is 12.4. The van der Waals surface area contributed by atoms with Crippen LogP contribution in [0.1, 0.15) is 30.1 Å². The molecule has 0 saturated carbocycles. The van der Waals surface area contributed by atoms with E-state index in [1.165, 1.54) is 5.69 Å². The van der Waals surface area contributed by atoms with Gasteiger partial charge in [0.2, 0.25) is 5.91 Å². The molecule has 0 N–H and O–H groups in total. The Hall–Kier alpha value is -2.36. The fourth-order valence-electron chi connectivity index (χ4n) is 2.90. The highest BCUT2D eigenvalue weighted by molar-refractivity contribution is 5.92. The van der Waals surface area contributed by atoms with E-state index < -0.39 is 0 Å². The second-order valence-electron chi connectivity index (χ2n) is 5.35. The van der Waals surface area contributed by atoms with Crippen molar-refractivity contribution in [2.45, 2.75) is 18.9 Å². The maximum Gasteiger partial charge on any atom is 0.247 e. The minimum atomic E-state index is 0.0718. The van der Waals surface area contributed by atoms with Gasteiger partial charge in [-0.2, -0.15) is 0 Å². The fraction of sp³-hybridized carbons (Fsp3) is 0.294. The van der Waals surface area contributed by atoms with E-state index in [2.05, 4.69) is 15.6 Å². The van der Waals surface area contributed by atoms with E-state index in [-0.39, 0.29) is 11.9 Å². The van der Waals surface area contributed by atoms with Crippen molar-refractivity contribution in [1.29, 1.82) is 0 Å². The lowest BCUT2D eigenvalue weighted by atomic mass is 10.1. The summed E-state index contributed by atoms with van der Waals surface area (Å²) in [4.78, 5) is 18.5. The first-order valence-corrected chi connectivity index (χ1v) is 7.25. The van der Waals surface area contributed by atoms with E-state index in [4.69, 9.17) is 0 Å². The van der Waals surface area contributed by atoms with Crippen LogP contribution in [0.3, 0.4) is 0 Å². The van der Waals surface area contributed by atoms with Crippen LogP contribution in [0.15, 0.2) is 48.9 Å². The molecule has 1 saturated heterocycles. The molecule has 1 amide bonds. The van der Waals surface area contributed by atoms with Crippen molar-refractivity contribution in [3.05, 3.63) is 60.2 Å². The summed E-state index contributed by atoms with van der Waals surface area (Å²) in [5.74, 6) is 0.0718. The summed E-state index contributed by atoms with van der Waals surface area (Å²) in [5, 5.41) is 0. The Morgan fingerprint density at radius 3 is 3.00 bits per heavy atom. The van der Waals surface area contributed by atoms with Gasteiger partial charge in [-0.1, -0.05) is 6.07 Å². The lowest BCUT2D eigenvalue weighted by Crippen LogP contribution is -2.29. The average Bonchev–Trinajstić information content (AvgIpc) is 3.14. The molecule has 3 rings (SSSR count). The van der Waals surface area contributed by atoms with E-state index in [0.717, 1.165) is 24.9 Å². The van der Waals surface area contributed by atoms with Crippen LogP contribution in [0, 0.1) is 0 Å². The van der Waals surface area contributed by atoms with Gasteiger partial charge in [-0.3, -0.25) is 9.78 Å². The Kier molecular flexibility index (Phi) is 3.86. The zero-order chi connectivity index (χ0) is 14.7. The monoisotopic (exact) mass is 281 g/mol. The number of nitrogens with zero attached hydrogens (tertiary/aromatic N) is 3. The van der Waals surface area contributed by atoms with E-state index in [0.29, 0.717) is 0 Å². The van der Waals surface area contributed by atoms with E-state index >= 15 is 0 Å². The summed E-state index contributed by atoms with van der Waals surface area (Å²) in [7, 11) is 2.03. The Balaban J connectivity index is 1.75. The quantitative estimate of drug-likeness (QED) is 0.811. The third-order valence-electron chi connectivity index (χ3n) is 3.96. The zero-order valence-corrected chi connectivity index (χ0v) is 12.1. The molecule has 1 aliphatic heterocycles. The van der Waals surface area contributed by atoms with Crippen LogP contribution in [-0.2, 0) is 11.8 Å². The smallest absolute Gasteiger partial charge is 0.247 e. The SMILES string of the molecule is Cn1cccc1C1CCCN1C(=O)/C=C/c1cccnc1. The number of likely N-dealkylation sites (tertiary alicyclic amines) is 1. The lowest BCUT2D eigenvalue weighted by molar-refractivity contribution is -0.126. The summed E-state index contributed by atoms with van der Waals surface area (Å²) in [6.07, 6.45) is 11.1. The van der Waals surface area contributed by atoms with Crippen molar-refractivity contribution in [3.63, 3.8) is 0 Å². The van der Waals surface area contributed by atoms with Gasteiger partial charge in [0.1, 0.15) is 0 Å². The molecule has 0 aromatic carbocycles. The third-order valence-corrected chi connectivity index (χ3v) is 3.96. The molecule has 1 unspecified atom stereocenters. The van der Waals surface area contributed by atoms with Crippen molar-refractivity contribution in [1.82, 2.24) is 14.5 Å². The second-order valence-corrected chi connectivity index (χ2v) is 5.35. The Labute approximate surface area is 124 Å². The van der Waals surface area contributed by atoms with Gasteiger partial charge in [0, 0.05) is 44.0 Å². The van der Waals surface area contributed by atoms with E-state index in [9.17, 15) is 4.79 Å². The second kappa shape index (κ2) is 5.95. The largest absolute Gasteiger partial charge is 0.353 e. The number of rotatable bonds is 3. The third kappa shape index (κ3) is 2.89. The number of carbonyl (C=O) groups excluding carboxylic acids is 1. The molecule has 3 heterocycles. The molecule has 1 aliphatic rings. The molecule has 2 aromatic heterocycles. The molecule has 0 spiro atoms. The van der Waals surface area contributed by atoms with Crippen LogP contribution in [0.2, 0.25) is 0 Å². The van der Waals surface area contributed by atoms with Gasteiger partial charge in [-0.15, -0.1) is 0 Å². The number of pyridine rings is 1. The summed E-state index contributed by atoms with van der Waals surface area (Å²) in [6.45, 7) is 0.825. The number of amides is 1. The zero-order valence-electron chi connectivity index (χ0n) is 12.1. The van der Waals surface area contributed by atoms with Gasteiger partial charge >= 0.3 is 0 Å². The van der Waals surface area contributed by atoms with Crippen LogP contribution in [-0.4, -0.2) is 26.9 Å². The van der Waals surface area contributed by atoms with Crippen molar-refractivity contribution < 1.29 is 4.79 Å². The van der Waals surface area contributed by atoms with Crippen LogP contribution in [0.5, 0.6) is 0 Å². The van der Waals surface area contributed by atoms with Gasteiger partial charge in [-0.25, -0.2) is 0 Å². The Morgan fingerprint density at radius 2 is 2.29 bits per heavy atom. The van der Waals surface area contributed by atoms with E-state index in [1.807, 2.05) is 42.4 Å². The molecule has 4 nitrogen and oxygen atoms in total. The fourth-order valence-corrected chi connectivity index (χ4v) is 2.90. The number of carbonyl (C=O) groups is 1. The van der Waals surface area contributed by atoms with Gasteiger partial charge in [0.25, 0.3) is 0 Å². The molecular formula is C17H19N3O. The number of hydrogen-bond acceptors (Lipinski definition) is 2. The van der Waals surface area contributed by atoms with Crippen molar-refractivity contribution in [2.75, 3.05) is 6.54 Å². The molecule has 1 atom stereocenters. The molecule has 0 aliphatic carbocycles. The predicted octanol–water partition coefficient (Wildman–Crippen LogP) is 2.80. The number of aromatic nitrogens is 2. The Morgan fingerprint density at radius 1 is 1.38 bits per heavy atom. The van der Waals surface area contributed by atoms with Crippen LogP contribution < -0.4 is 0 Å². The topological polar surface area (TPSA) is 38.1 Å². The first-order valence-electron chi connectivity index (χ1n) is 7.25. The molecule has 1 fully saturated rings. The molecule has 108 valence electrons. The highest BCUT2D eigenvalue weighted by Gasteiger charge is 2.29. The predicted molar refractivity (Wildman–Crippen MR) is 82.4 cm³/mol. The minimum absolute atomic E-state index is 0.0718. The Bertz CT molecular complexity index is 645. The highest BCUT2D eigenvalue weighted by atomic mass is 16.2. The molecule has 4 heteroatoms. The highest BCUT2D eigenvalue weighted by Crippen LogP contribution is 2.32. The van der Waals surface area contributed by atoms with Gasteiger partial charge in [0.15, 0.2) is 0 Å². The summed E-state index contributed by atoms with van der Waals surface area (Å²) in [5.41, 5.74) is 2.15. The molecule has 21 heavy (non-hydrogen) atoms. The number of hydrogen-bond donors (Lipinski definition) is 0. The normalized spacial score (nSPS) is 18.5.